The molecule has 86 valence electrons. The number of carbonyl (C=O) groups is 1. The van der Waals surface area contributed by atoms with Crippen molar-refractivity contribution in [2.75, 3.05) is 11.4 Å². The molecular weight excluding hydrogens is 289 g/mol. The van der Waals surface area contributed by atoms with Crippen LogP contribution in [-0.4, -0.2) is 12.5 Å². The van der Waals surface area contributed by atoms with Gasteiger partial charge in [-0.3, -0.25) is 4.79 Å². The first-order valence-electron chi connectivity index (χ1n) is 5.41. The highest BCUT2D eigenvalue weighted by Gasteiger charge is 2.24. The summed E-state index contributed by atoms with van der Waals surface area (Å²) in [6.45, 7) is 2.66. The first kappa shape index (κ1) is 11.9. The van der Waals surface area contributed by atoms with Crippen molar-refractivity contribution >= 4 is 39.1 Å². The van der Waals surface area contributed by atoms with Crippen molar-refractivity contribution in [1.29, 1.82) is 0 Å². The number of rotatable bonds is 1. The summed E-state index contributed by atoms with van der Waals surface area (Å²) in [7, 11) is 0. The highest BCUT2D eigenvalue weighted by molar-refractivity contribution is 9.10. The van der Waals surface area contributed by atoms with Gasteiger partial charge in [0.2, 0.25) is 5.91 Å². The monoisotopic (exact) mass is 301 g/mol. The van der Waals surface area contributed by atoms with E-state index in [4.69, 9.17) is 11.6 Å². The van der Waals surface area contributed by atoms with Gasteiger partial charge in [0.05, 0.1) is 10.7 Å². The zero-order valence-corrected chi connectivity index (χ0v) is 11.4. The second-order valence-corrected chi connectivity index (χ2v) is 5.22. The van der Waals surface area contributed by atoms with Gasteiger partial charge >= 0.3 is 0 Å². The van der Waals surface area contributed by atoms with Crippen LogP contribution in [0, 0.1) is 0 Å². The van der Waals surface area contributed by atoms with E-state index in [0.717, 1.165) is 35.1 Å². The van der Waals surface area contributed by atoms with E-state index in [0.29, 0.717) is 11.4 Å². The Morgan fingerprint density at radius 3 is 3.00 bits per heavy atom. The third kappa shape index (κ3) is 2.11. The molecule has 0 spiro atoms. The highest BCUT2D eigenvalue weighted by Crippen LogP contribution is 2.37. The van der Waals surface area contributed by atoms with Gasteiger partial charge in [-0.1, -0.05) is 34.5 Å². The smallest absolute Gasteiger partial charge is 0.226 e. The van der Waals surface area contributed by atoms with E-state index in [9.17, 15) is 4.79 Å². The van der Waals surface area contributed by atoms with Gasteiger partial charge in [-0.25, -0.2) is 0 Å². The molecule has 1 aliphatic rings. The van der Waals surface area contributed by atoms with E-state index in [1.54, 1.807) is 0 Å². The maximum atomic E-state index is 11.8. The first-order chi connectivity index (χ1) is 7.63. The quantitative estimate of drug-likeness (QED) is 0.773. The van der Waals surface area contributed by atoms with E-state index >= 15 is 0 Å². The fraction of sp³-hybridized carbons (Fsp3) is 0.417. The molecule has 1 aromatic carbocycles. The van der Waals surface area contributed by atoms with Gasteiger partial charge in [-0.05, 0) is 30.5 Å². The Labute approximate surface area is 109 Å². The number of carbonyl (C=O) groups excluding carboxylic acids is 1. The number of halogens is 2. The standard InChI is InChI=1S/C12H13BrClNO/c1-2-11(16)15-5-3-4-8-6-9(13)7-10(14)12(8)15/h6-7H,2-5H2,1H3. The topological polar surface area (TPSA) is 20.3 Å². The summed E-state index contributed by atoms with van der Waals surface area (Å²) < 4.78 is 0.974. The molecule has 0 saturated carbocycles. The zero-order valence-electron chi connectivity index (χ0n) is 9.09. The van der Waals surface area contributed by atoms with E-state index < -0.39 is 0 Å². The molecule has 0 unspecified atom stereocenters. The first-order valence-corrected chi connectivity index (χ1v) is 6.59. The van der Waals surface area contributed by atoms with Crippen molar-refractivity contribution in [3.8, 4) is 0 Å². The molecule has 0 aliphatic carbocycles. The second kappa shape index (κ2) is 4.76. The number of aryl methyl sites for hydroxylation is 1. The molecule has 1 heterocycles. The maximum absolute atomic E-state index is 11.8. The van der Waals surface area contributed by atoms with Crippen LogP contribution in [0.5, 0.6) is 0 Å². The molecule has 2 rings (SSSR count). The van der Waals surface area contributed by atoms with Gasteiger partial charge in [-0.15, -0.1) is 0 Å². The summed E-state index contributed by atoms with van der Waals surface area (Å²) in [5.41, 5.74) is 2.07. The van der Waals surface area contributed by atoms with Crippen LogP contribution in [0.2, 0.25) is 5.02 Å². The number of amides is 1. The third-order valence-electron chi connectivity index (χ3n) is 2.81. The second-order valence-electron chi connectivity index (χ2n) is 3.90. The molecule has 0 bridgehead atoms. The average Bonchev–Trinajstić information content (AvgIpc) is 2.26. The summed E-state index contributed by atoms with van der Waals surface area (Å²) in [5, 5.41) is 0.658. The number of fused-ring (bicyclic) bond motifs is 1. The number of hydrogen-bond acceptors (Lipinski definition) is 1. The lowest BCUT2D eigenvalue weighted by Crippen LogP contribution is -2.35. The molecule has 0 aromatic heterocycles. The van der Waals surface area contributed by atoms with Gasteiger partial charge < -0.3 is 4.90 Å². The molecule has 0 saturated heterocycles. The molecule has 16 heavy (non-hydrogen) atoms. The normalized spacial score (nSPS) is 14.8. The predicted molar refractivity (Wildman–Crippen MR) is 70.1 cm³/mol. The van der Waals surface area contributed by atoms with Crippen molar-refractivity contribution in [3.05, 3.63) is 27.2 Å². The number of anilines is 1. The van der Waals surface area contributed by atoms with Crippen LogP contribution in [0.25, 0.3) is 0 Å². The fourth-order valence-corrected chi connectivity index (χ4v) is 3.07. The van der Waals surface area contributed by atoms with E-state index in [2.05, 4.69) is 22.0 Å². The molecule has 0 atom stereocenters. The van der Waals surface area contributed by atoms with Crippen LogP contribution in [0.3, 0.4) is 0 Å². The van der Waals surface area contributed by atoms with Gasteiger partial charge in [-0.2, -0.15) is 0 Å². The minimum atomic E-state index is 0.144. The van der Waals surface area contributed by atoms with E-state index in [1.165, 1.54) is 0 Å². The summed E-state index contributed by atoms with van der Waals surface area (Å²) in [4.78, 5) is 13.6. The SMILES string of the molecule is CCC(=O)N1CCCc2cc(Br)cc(Cl)c21. The fourth-order valence-electron chi connectivity index (χ4n) is 2.09. The molecule has 0 radical (unpaired) electrons. The van der Waals surface area contributed by atoms with Crippen molar-refractivity contribution in [3.63, 3.8) is 0 Å². The Hall–Kier alpha value is -0.540. The van der Waals surface area contributed by atoms with Crippen molar-refractivity contribution in [2.45, 2.75) is 26.2 Å². The van der Waals surface area contributed by atoms with Gasteiger partial charge in [0.1, 0.15) is 0 Å². The summed E-state index contributed by atoms with van der Waals surface area (Å²) in [6.07, 6.45) is 2.51. The summed E-state index contributed by atoms with van der Waals surface area (Å²) in [6, 6.07) is 3.90. The molecule has 1 aromatic rings. The molecular formula is C12H13BrClNO. The molecule has 4 heteroatoms. The highest BCUT2D eigenvalue weighted by atomic mass is 79.9. The average molecular weight is 303 g/mol. The molecule has 0 fully saturated rings. The van der Waals surface area contributed by atoms with Crippen LogP contribution >= 0.6 is 27.5 Å². The minimum Gasteiger partial charge on any atom is -0.311 e. The number of nitrogens with zero attached hydrogens (tertiary/aromatic N) is 1. The molecule has 2 nitrogen and oxygen atoms in total. The summed E-state index contributed by atoms with van der Waals surface area (Å²) in [5.74, 6) is 0.144. The van der Waals surface area contributed by atoms with Gasteiger partial charge in [0.25, 0.3) is 0 Å². The van der Waals surface area contributed by atoms with Gasteiger partial charge in [0, 0.05) is 17.4 Å². The Kier molecular flexibility index (Phi) is 3.55. The van der Waals surface area contributed by atoms with E-state index in [-0.39, 0.29) is 5.91 Å². The van der Waals surface area contributed by atoms with Crippen molar-refractivity contribution < 1.29 is 4.79 Å². The Bertz CT molecular complexity index is 433. The van der Waals surface area contributed by atoms with Crippen LogP contribution in [-0.2, 0) is 11.2 Å². The van der Waals surface area contributed by atoms with Crippen LogP contribution in [0.1, 0.15) is 25.3 Å². The molecule has 0 N–H and O–H groups in total. The number of hydrogen-bond donors (Lipinski definition) is 0. The lowest BCUT2D eigenvalue weighted by molar-refractivity contribution is -0.118. The Morgan fingerprint density at radius 2 is 2.31 bits per heavy atom. The van der Waals surface area contributed by atoms with E-state index in [1.807, 2.05) is 17.9 Å². The zero-order chi connectivity index (χ0) is 11.7. The van der Waals surface area contributed by atoms with Crippen LogP contribution in [0.4, 0.5) is 5.69 Å². The lowest BCUT2D eigenvalue weighted by Gasteiger charge is -2.30. The van der Waals surface area contributed by atoms with Crippen LogP contribution in [0.15, 0.2) is 16.6 Å². The minimum absolute atomic E-state index is 0.144. The predicted octanol–water partition coefficient (Wildman–Crippen LogP) is 3.79. The summed E-state index contributed by atoms with van der Waals surface area (Å²) >= 11 is 9.65. The largest absolute Gasteiger partial charge is 0.311 e. The molecule has 1 aliphatic heterocycles. The maximum Gasteiger partial charge on any atom is 0.226 e. The Morgan fingerprint density at radius 1 is 1.56 bits per heavy atom. The lowest BCUT2D eigenvalue weighted by atomic mass is 10.0. The number of benzene rings is 1. The third-order valence-corrected chi connectivity index (χ3v) is 3.55. The van der Waals surface area contributed by atoms with Crippen molar-refractivity contribution in [1.82, 2.24) is 0 Å². The van der Waals surface area contributed by atoms with Gasteiger partial charge in [0.15, 0.2) is 0 Å². The van der Waals surface area contributed by atoms with Crippen molar-refractivity contribution in [2.24, 2.45) is 0 Å². The Balaban J connectivity index is 2.49. The molecule has 1 amide bonds. The van der Waals surface area contributed by atoms with Crippen LogP contribution < -0.4 is 4.90 Å².